The van der Waals surface area contributed by atoms with E-state index in [0.29, 0.717) is 0 Å². The number of methoxy groups -OCH3 is 1. The molecule has 0 spiro atoms. The lowest BCUT2D eigenvalue weighted by atomic mass is 9.99. The third kappa shape index (κ3) is 3.74. The summed E-state index contributed by atoms with van der Waals surface area (Å²) in [5, 5.41) is 6.27. The van der Waals surface area contributed by atoms with Gasteiger partial charge < -0.3 is 14.6 Å². The maximum absolute atomic E-state index is 5.67. The van der Waals surface area contributed by atoms with Crippen molar-refractivity contribution in [3.8, 4) is 16.9 Å². The number of nitrogens with one attached hydrogen (secondary N) is 1. The fraction of sp³-hybridized carbons (Fsp3) is 0.179. The summed E-state index contributed by atoms with van der Waals surface area (Å²) in [6, 6.07) is 28.1. The first-order valence-corrected chi connectivity index (χ1v) is 10.9. The molecule has 0 saturated carbocycles. The maximum atomic E-state index is 5.67. The molecule has 0 unspecified atom stereocenters. The van der Waals surface area contributed by atoms with Crippen molar-refractivity contribution in [1.29, 1.82) is 0 Å². The van der Waals surface area contributed by atoms with Gasteiger partial charge in [-0.25, -0.2) is 4.98 Å². The van der Waals surface area contributed by atoms with Crippen LogP contribution >= 0.6 is 0 Å². The van der Waals surface area contributed by atoms with Gasteiger partial charge in [0.05, 0.1) is 24.5 Å². The molecule has 0 saturated heterocycles. The summed E-state index contributed by atoms with van der Waals surface area (Å²) in [5.74, 6) is 0.867. The van der Waals surface area contributed by atoms with Crippen LogP contribution in [0.25, 0.3) is 32.9 Å². The molecule has 4 nitrogen and oxygen atoms in total. The van der Waals surface area contributed by atoms with Crippen LogP contribution in [0.4, 0.5) is 0 Å². The minimum Gasteiger partial charge on any atom is -0.496 e. The Morgan fingerprint density at radius 1 is 0.969 bits per heavy atom. The average molecular weight is 422 g/mol. The summed E-state index contributed by atoms with van der Waals surface area (Å²) >= 11 is 0. The first-order valence-electron chi connectivity index (χ1n) is 10.9. The predicted octanol–water partition coefficient (Wildman–Crippen LogP) is 6.25. The van der Waals surface area contributed by atoms with Gasteiger partial charge in [-0.1, -0.05) is 54.6 Å². The molecule has 0 bridgehead atoms. The highest BCUT2D eigenvalue weighted by Gasteiger charge is 2.12. The first-order chi connectivity index (χ1) is 15.6. The number of nitrogens with zero attached hydrogens (tertiary/aromatic N) is 2. The van der Waals surface area contributed by atoms with Gasteiger partial charge in [-0.3, -0.25) is 0 Å². The van der Waals surface area contributed by atoms with Crippen LogP contribution in [0.15, 0.2) is 85.2 Å². The monoisotopic (exact) mass is 421 g/mol. The van der Waals surface area contributed by atoms with E-state index in [2.05, 4.69) is 96.1 Å². The third-order valence-corrected chi connectivity index (χ3v) is 6.20. The molecule has 5 aromatic rings. The Morgan fingerprint density at radius 2 is 1.81 bits per heavy atom. The molecule has 160 valence electrons. The predicted molar refractivity (Wildman–Crippen MR) is 132 cm³/mol. The molecular weight excluding hydrogens is 394 g/mol. The van der Waals surface area contributed by atoms with Gasteiger partial charge >= 0.3 is 0 Å². The van der Waals surface area contributed by atoms with Crippen LogP contribution in [0.2, 0.25) is 0 Å². The number of rotatable bonds is 6. The highest BCUT2D eigenvalue weighted by atomic mass is 16.5. The zero-order valence-corrected chi connectivity index (χ0v) is 18.7. The smallest absolute Gasteiger partial charge is 0.126 e. The van der Waals surface area contributed by atoms with E-state index in [4.69, 9.17) is 4.74 Å². The topological polar surface area (TPSA) is 39.1 Å². The van der Waals surface area contributed by atoms with Gasteiger partial charge in [-0.2, -0.15) is 0 Å². The van der Waals surface area contributed by atoms with Crippen LogP contribution < -0.4 is 10.1 Å². The van der Waals surface area contributed by atoms with Gasteiger partial charge in [0.25, 0.3) is 0 Å². The molecule has 4 heteroatoms. The summed E-state index contributed by atoms with van der Waals surface area (Å²) in [6.07, 6.45) is 1.85. The van der Waals surface area contributed by atoms with Crippen LogP contribution in [0.3, 0.4) is 0 Å². The normalized spacial score (nSPS) is 12.3. The highest BCUT2D eigenvalue weighted by Crippen LogP contribution is 2.33. The Hall–Kier alpha value is -3.63. The number of fused-ring (bicyclic) bond motifs is 2. The van der Waals surface area contributed by atoms with Crippen LogP contribution in [-0.2, 0) is 13.6 Å². The van der Waals surface area contributed by atoms with E-state index < -0.39 is 0 Å². The molecule has 0 amide bonds. The molecule has 32 heavy (non-hydrogen) atoms. The number of ether oxygens (including phenoxy) is 1. The number of aryl methyl sites for hydroxylation is 1. The van der Waals surface area contributed by atoms with Crippen molar-refractivity contribution in [3.63, 3.8) is 0 Å². The Kier molecular flexibility index (Phi) is 5.38. The Labute approximate surface area is 188 Å². The second-order valence-electron chi connectivity index (χ2n) is 8.26. The van der Waals surface area contributed by atoms with Crippen molar-refractivity contribution in [2.45, 2.75) is 19.5 Å². The van der Waals surface area contributed by atoms with E-state index in [0.717, 1.165) is 34.5 Å². The standard InChI is InChI=1S/C28H27N3O/c1-19(23-10-6-8-21-7-4-5-9-24(21)23)29-17-20-11-14-28(32-3)25(15-20)22-12-13-27-26(16-22)30-18-31(27)2/h4-16,18-19,29H,17H2,1-3H3/t19-/m1/s1. The van der Waals surface area contributed by atoms with Crippen molar-refractivity contribution in [2.75, 3.05) is 7.11 Å². The average Bonchev–Trinajstić information content (AvgIpc) is 3.22. The molecule has 4 aromatic carbocycles. The quantitative estimate of drug-likeness (QED) is 0.352. The van der Waals surface area contributed by atoms with Crippen molar-refractivity contribution < 1.29 is 4.74 Å². The van der Waals surface area contributed by atoms with Crippen LogP contribution in [0.1, 0.15) is 24.1 Å². The second kappa shape index (κ2) is 8.48. The van der Waals surface area contributed by atoms with Crippen molar-refractivity contribution in [2.24, 2.45) is 7.05 Å². The third-order valence-electron chi connectivity index (χ3n) is 6.20. The van der Waals surface area contributed by atoms with Gasteiger partial charge in [0.1, 0.15) is 5.75 Å². The van der Waals surface area contributed by atoms with E-state index in [1.165, 1.54) is 21.9 Å². The Bertz CT molecular complexity index is 1400. The molecule has 5 rings (SSSR count). The summed E-state index contributed by atoms with van der Waals surface area (Å²) < 4.78 is 7.70. The summed E-state index contributed by atoms with van der Waals surface area (Å²) in [5.41, 5.74) is 6.83. The van der Waals surface area contributed by atoms with Gasteiger partial charge in [0.15, 0.2) is 0 Å². The zero-order chi connectivity index (χ0) is 22.1. The van der Waals surface area contributed by atoms with E-state index in [-0.39, 0.29) is 6.04 Å². The van der Waals surface area contributed by atoms with Crippen LogP contribution in [-0.4, -0.2) is 16.7 Å². The molecule has 0 fully saturated rings. The molecule has 0 aliphatic rings. The number of hydrogen-bond donors (Lipinski definition) is 1. The fourth-order valence-electron chi connectivity index (χ4n) is 4.40. The number of imidazole rings is 1. The summed E-state index contributed by atoms with van der Waals surface area (Å²) in [4.78, 5) is 4.51. The van der Waals surface area contributed by atoms with E-state index >= 15 is 0 Å². The SMILES string of the molecule is COc1ccc(CN[C@H](C)c2cccc3ccccc23)cc1-c1ccc2c(c1)ncn2C. The molecule has 1 aromatic heterocycles. The lowest BCUT2D eigenvalue weighted by molar-refractivity contribution is 0.416. The summed E-state index contributed by atoms with van der Waals surface area (Å²) in [7, 11) is 3.73. The fourth-order valence-corrected chi connectivity index (χ4v) is 4.40. The minimum absolute atomic E-state index is 0.233. The van der Waals surface area contributed by atoms with E-state index in [1.807, 2.05) is 17.9 Å². The molecule has 0 radical (unpaired) electrons. The van der Waals surface area contributed by atoms with E-state index in [1.54, 1.807) is 7.11 Å². The molecule has 1 atom stereocenters. The molecule has 0 aliphatic carbocycles. The van der Waals surface area contributed by atoms with Gasteiger partial charge in [-0.05, 0) is 58.7 Å². The van der Waals surface area contributed by atoms with Gasteiger partial charge in [-0.15, -0.1) is 0 Å². The lowest BCUT2D eigenvalue weighted by Crippen LogP contribution is -2.18. The second-order valence-corrected chi connectivity index (χ2v) is 8.26. The molecule has 0 aliphatic heterocycles. The van der Waals surface area contributed by atoms with Gasteiger partial charge in [0, 0.05) is 25.2 Å². The van der Waals surface area contributed by atoms with E-state index in [9.17, 15) is 0 Å². The van der Waals surface area contributed by atoms with Crippen molar-refractivity contribution in [3.05, 3.63) is 96.3 Å². The Morgan fingerprint density at radius 3 is 2.69 bits per heavy atom. The Balaban J connectivity index is 1.42. The lowest BCUT2D eigenvalue weighted by Gasteiger charge is -2.18. The van der Waals surface area contributed by atoms with Crippen molar-refractivity contribution in [1.82, 2.24) is 14.9 Å². The van der Waals surface area contributed by atoms with Crippen molar-refractivity contribution >= 4 is 21.8 Å². The zero-order valence-electron chi connectivity index (χ0n) is 18.7. The first kappa shape index (κ1) is 20.3. The number of benzene rings is 4. The van der Waals surface area contributed by atoms with Gasteiger partial charge in [0.2, 0.25) is 0 Å². The molecule has 1 heterocycles. The summed E-state index contributed by atoms with van der Waals surface area (Å²) in [6.45, 7) is 2.99. The number of aromatic nitrogens is 2. The number of hydrogen-bond acceptors (Lipinski definition) is 3. The van der Waals surface area contributed by atoms with Crippen LogP contribution in [0.5, 0.6) is 5.75 Å². The molecular formula is C28H27N3O. The largest absolute Gasteiger partial charge is 0.496 e. The van der Waals surface area contributed by atoms with Crippen LogP contribution in [0, 0.1) is 0 Å². The molecule has 1 N–H and O–H groups in total. The highest BCUT2D eigenvalue weighted by molar-refractivity contribution is 5.86. The maximum Gasteiger partial charge on any atom is 0.126 e. The minimum atomic E-state index is 0.233.